The zero-order chi connectivity index (χ0) is 16.4. The van der Waals surface area contributed by atoms with E-state index >= 15 is 0 Å². The molecule has 0 radical (unpaired) electrons. The highest BCUT2D eigenvalue weighted by Crippen LogP contribution is 2.28. The number of carbonyl (C=O) groups is 1. The predicted octanol–water partition coefficient (Wildman–Crippen LogP) is 4.35. The van der Waals surface area contributed by atoms with Crippen LogP contribution in [0.15, 0.2) is 23.6 Å². The quantitative estimate of drug-likeness (QED) is 0.819. The third kappa shape index (κ3) is 4.45. The third-order valence-electron chi connectivity index (χ3n) is 3.94. The fourth-order valence-electron chi connectivity index (χ4n) is 2.70. The number of hydrogen-bond acceptors (Lipinski definition) is 4. The Balaban J connectivity index is 0.00000208. The number of anilines is 1. The van der Waals surface area contributed by atoms with E-state index in [9.17, 15) is 9.18 Å². The fourth-order valence-corrected chi connectivity index (χ4v) is 3.60. The van der Waals surface area contributed by atoms with Gasteiger partial charge in [-0.15, -0.1) is 23.7 Å². The highest BCUT2D eigenvalue weighted by molar-refractivity contribution is 7.14. The molecule has 24 heavy (non-hydrogen) atoms. The van der Waals surface area contributed by atoms with E-state index in [1.165, 1.54) is 23.5 Å². The number of benzene rings is 1. The summed E-state index contributed by atoms with van der Waals surface area (Å²) in [6.45, 7) is 2.94. The van der Waals surface area contributed by atoms with Crippen LogP contribution in [0.5, 0.6) is 0 Å². The molecule has 0 saturated carbocycles. The molecule has 1 aromatic carbocycles. The van der Waals surface area contributed by atoms with E-state index in [0.717, 1.165) is 24.9 Å². The van der Waals surface area contributed by atoms with Crippen LogP contribution >= 0.6 is 35.3 Å². The average Bonchev–Trinajstić information content (AvgIpc) is 2.98. The maximum absolute atomic E-state index is 13.2. The first-order valence-electron chi connectivity index (χ1n) is 7.48. The molecule has 3 rings (SSSR count). The summed E-state index contributed by atoms with van der Waals surface area (Å²) >= 11 is 7.15. The molecule has 0 bridgehead atoms. The summed E-state index contributed by atoms with van der Waals surface area (Å²) < 4.78 is 13.2. The lowest BCUT2D eigenvalue weighted by molar-refractivity contribution is -0.120. The van der Waals surface area contributed by atoms with Crippen LogP contribution in [0.2, 0.25) is 5.02 Å². The van der Waals surface area contributed by atoms with Crippen LogP contribution in [-0.2, 0) is 4.79 Å². The maximum Gasteiger partial charge on any atom is 0.229 e. The molecule has 1 saturated heterocycles. The molecule has 8 heteroatoms. The van der Waals surface area contributed by atoms with E-state index < -0.39 is 5.82 Å². The molecule has 1 aliphatic rings. The van der Waals surface area contributed by atoms with E-state index in [1.807, 2.05) is 5.38 Å². The summed E-state index contributed by atoms with van der Waals surface area (Å²) in [6.07, 6.45) is 1.67. The van der Waals surface area contributed by atoms with Crippen molar-refractivity contribution in [2.45, 2.75) is 25.8 Å². The van der Waals surface area contributed by atoms with Gasteiger partial charge in [0, 0.05) is 22.9 Å². The van der Waals surface area contributed by atoms with Gasteiger partial charge in [0.05, 0.1) is 10.7 Å². The Morgan fingerprint density at radius 3 is 3.00 bits per heavy atom. The molecule has 0 unspecified atom stereocenters. The number of piperidine rings is 1. The maximum atomic E-state index is 13.2. The first kappa shape index (κ1) is 19.1. The molecular weight excluding hydrogens is 372 g/mol. The molecule has 1 amide bonds. The lowest BCUT2D eigenvalue weighted by atomic mass is 9.92. The lowest BCUT2D eigenvalue weighted by Gasteiger charge is -2.26. The number of hydrogen-bond donors (Lipinski definition) is 2. The SMILES string of the molecule is C[C@H]1C[C@@H](C(=O)Nc2nc(-c3ccc(F)c(Cl)c3)cs2)CCN1.Cl. The second-order valence-electron chi connectivity index (χ2n) is 5.73. The van der Waals surface area contributed by atoms with Gasteiger partial charge in [-0.3, -0.25) is 4.79 Å². The smallest absolute Gasteiger partial charge is 0.229 e. The van der Waals surface area contributed by atoms with Crippen molar-refractivity contribution < 1.29 is 9.18 Å². The number of aromatic nitrogens is 1. The number of nitrogens with zero attached hydrogens (tertiary/aromatic N) is 1. The Morgan fingerprint density at radius 1 is 1.50 bits per heavy atom. The summed E-state index contributed by atoms with van der Waals surface area (Å²) in [5.74, 6) is -0.436. The number of nitrogens with one attached hydrogen (secondary N) is 2. The van der Waals surface area contributed by atoms with Crippen LogP contribution in [0, 0.1) is 11.7 Å². The minimum atomic E-state index is -0.459. The summed E-state index contributed by atoms with van der Waals surface area (Å²) in [4.78, 5) is 16.7. The Labute approximate surface area is 155 Å². The molecule has 2 N–H and O–H groups in total. The topological polar surface area (TPSA) is 54.0 Å². The van der Waals surface area contributed by atoms with Crippen LogP contribution in [0.4, 0.5) is 9.52 Å². The Bertz CT molecular complexity index is 725. The average molecular weight is 390 g/mol. The van der Waals surface area contributed by atoms with Crippen molar-refractivity contribution in [3.63, 3.8) is 0 Å². The molecule has 2 aromatic rings. The molecule has 4 nitrogen and oxygen atoms in total. The van der Waals surface area contributed by atoms with Crippen molar-refractivity contribution >= 4 is 46.4 Å². The van der Waals surface area contributed by atoms with Gasteiger partial charge in [0.1, 0.15) is 5.82 Å². The van der Waals surface area contributed by atoms with Gasteiger partial charge in [0.15, 0.2) is 5.13 Å². The minimum Gasteiger partial charge on any atom is -0.314 e. The van der Waals surface area contributed by atoms with Crippen molar-refractivity contribution in [1.82, 2.24) is 10.3 Å². The Kier molecular flexibility index (Phi) is 6.57. The number of carbonyl (C=O) groups excluding carboxylic acids is 1. The zero-order valence-corrected chi connectivity index (χ0v) is 15.4. The fraction of sp³-hybridized carbons (Fsp3) is 0.375. The Hall–Kier alpha value is -1.21. The van der Waals surface area contributed by atoms with Crippen molar-refractivity contribution in [2.24, 2.45) is 5.92 Å². The van der Waals surface area contributed by atoms with E-state index in [4.69, 9.17) is 11.6 Å². The second-order valence-corrected chi connectivity index (χ2v) is 7.00. The number of halogens is 3. The van der Waals surface area contributed by atoms with Crippen molar-refractivity contribution in [3.05, 3.63) is 34.4 Å². The van der Waals surface area contributed by atoms with Crippen LogP contribution in [0.3, 0.4) is 0 Å². The van der Waals surface area contributed by atoms with E-state index in [2.05, 4.69) is 22.5 Å². The van der Waals surface area contributed by atoms with Gasteiger partial charge in [-0.2, -0.15) is 0 Å². The van der Waals surface area contributed by atoms with Crippen LogP contribution < -0.4 is 10.6 Å². The third-order valence-corrected chi connectivity index (χ3v) is 4.99. The summed E-state index contributed by atoms with van der Waals surface area (Å²) in [7, 11) is 0. The first-order valence-corrected chi connectivity index (χ1v) is 8.74. The van der Waals surface area contributed by atoms with Gasteiger partial charge in [-0.1, -0.05) is 11.6 Å². The second kappa shape index (κ2) is 8.25. The van der Waals surface area contributed by atoms with E-state index in [0.29, 0.717) is 16.9 Å². The highest BCUT2D eigenvalue weighted by Gasteiger charge is 2.25. The molecular formula is C16H18Cl2FN3OS. The van der Waals surface area contributed by atoms with Crippen molar-refractivity contribution in [3.8, 4) is 11.3 Å². The van der Waals surface area contributed by atoms with E-state index in [-0.39, 0.29) is 29.3 Å². The number of thiazole rings is 1. The summed E-state index contributed by atoms with van der Waals surface area (Å²) in [5.41, 5.74) is 1.40. The molecule has 0 aliphatic carbocycles. The molecule has 0 spiro atoms. The summed E-state index contributed by atoms with van der Waals surface area (Å²) in [6, 6.07) is 4.82. The molecule has 130 valence electrons. The lowest BCUT2D eigenvalue weighted by Crippen LogP contribution is -2.40. The van der Waals surface area contributed by atoms with Crippen LogP contribution in [0.25, 0.3) is 11.3 Å². The van der Waals surface area contributed by atoms with Gasteiger partial charge >= 0.3 is 0 Å². The van der Waals surface area contributed by atoms with Gasteiger partial charge in [-0.25, -0.2) is 9.37 Å². The van der Waals surface area contributed by atoms with Gasteiger partial charge in [0.25, 0.3) is 0 Å². The summed E-state index contributed by atoms with van der Waals surface area (Å²) in [5, 5.41) is 8.65. The highest BCUT2D eigenvalue weighted by atomic mass is 35.5. The van der Waals surface area contributed by atoms with Crippen LogP contribution in [0.1, 0.15) is 19.8 Å². The molecule has 1 aliphatic heterocycles. The first-order chi connectivity index (χ1) is 11.0. The van der Waals surface area contributed by atoms with Crippen LogP contribution in [-0.4, -0.2) is 23.5 Å². The van der Waals surface area contributed by atoms with Gasteiger partial charge in [0.2, 0.25) is 5.91 Å². The van der Waals surface area contributed by atoms with Gasteiger partial charge < -0.3 is 10.6 Å². The van der Waals surface area contributed by atoms with Crippen molar-refractivity contribution in [2.75, 3.05) is 11.9 Å². The normalized spacial score (nSPS) is 20.3. The minimum absolute atomic E-state index is 0. The number of amides is 1. The molecule has 1 aromatic heterocycles. The standard InChI is InChI=1S/C16H17ClFN3OS.ClH/c1-9-6-11(4-5-19-9)15(22)21-16-20-14(8-23-16)10-2-3-13(18)12(17)7-10;/h2-3,7-9,11,19H,4-6H2,1H3,(H,20,21,22);1H/t9-,11-;/m0./s1. The Morgan fingerprint density at radius 2 is 2.29 bits per heavy atom. The van der Waals surface area contributed by atoms with Gasteiger partial charge in [-0.05, 0) is 44.5 Å². The molecule has 2 atom stereocenters. The largest absolute Gasteiger partial charge is 0.314 e. The van der Waals surface area contributed by atoms with Crippen molar-refractivity contribution in [1.29, 1.82) is 0 Å². The van der Waals surface area contributed by atoms with E-state index in [1.54, 1.807) is 6.07 Å². The molecule has 1 fully saturated rings. The molecule has 2 heterocycles. The number of rotatable bonds is 3. The monoisotopic (exact) mass is 389 g/mol. The predicted molar refractivity (Wildman–Crippen MR) is 98.6 cm³/mol. The zero-order valence-electron chi connectivity index (χ0n) is 13.0.